The molecule has 0 unspecified atom stereocenters. The molecule has 5 nitrogen and oxygen atoms in total. The minimum absolute atomic E-state index is 0.00326. The molecule has 0 bridgehead atoms. The fourth-order valence-corrected chi connectivity index (χ4v) is 3.15. The molecule has 0 spiro atoms. The molecule has 0 aromatic heterocycles. The molecule has 0 aliphatic heterocycles. The van der Waals surface area contributed by atoms with Gasteiger partial charge in [0.1, 0.15) is 0 Å². The van der Waals surface area contributed by atoms with Gasteiger partial charge in [-0.25, -0.2) is 21.1 Å². The lowest BCUT2D eigenvalue weighted by Gasteiger charge is -2.14. The van der Waals surface area contributed by atoms with Gasteiger partial charge >= 0.3 is 0 Å². The topological polar surface area (TPSA) is 71.5 Å². The highest BCUT2D eigenvalue weighted by molar-refractivity contribution is 7.91. The quantitative estimate of drug-likeness (QED) is 0.813. The van der Waals surface area contributed by atoms with E-state index in [1.807, 2.05) is 0 Å². The van der Waals surface area contributed by atoms with Crippen LogP contribution in [0.3, 0.4) is 0 Å². The molecule has 0 radical (unpaired) electrons. The normalized spacial score (nSPS) is 13.0. The first-order valence-corrected chi connectivity index (χ1v) is 8.13. The van der Waals surface area contributed by atoms with Crippen LogP contribution in [0.5, 0.6) is 0 Å². The largest absolute Gasteiger partial charge is 0.242 e. The zero-order chi connectivity index (χ0) is 13.4. The molecule has 7 heteroatoms. The molecule has 0 saturated carbocycles. The van der Waals surface area contributed by atoms with Crippen molar-refractivity contribution in [2.45, 2.75) is 16.7 Å². The lowest BCUT2D eigenvalue weighted by molar-refractivity contribution is 0.520. The van der Waals surface area contributed by atoms with E-state index in [-0.39, 0.29) is 9.79 Å². The minimum atomic E-state index is -3.62. The molecule has 1 rings (SSSR count). The number of nitrogens with zero attached hydrogens (tertiary/aromatic N) is 1. The first kappa shape index (κ1) is 14.1. The highest BCUT2D eigenvalue weighted by Crippen LogP contribution is 2.22. The van der Waals surface area contributed by atoms with Crippen molar-refractivity contribution in [3.63, 3.8) is 0 Å². The molecule has 0 N–H and O–H groups in total. The Morgan fingerprint density at radius 3 is 2.00 bits per heavy atom. The van der Waals surface area contributed by atoms with Gasteiger partial charge in [0.15, 0.2) is 9.84 Å². The SMILES string of the molecule is Cc1ccc(S(C)(=O)=O)cc1S(=O)(=O)N(C)C. The van der Waals surface area contributed by atoms with Gasteiger partial charge in [-0.05, 0) is 24.6 Å². The molecule has 1 aromatic rings. The summed E-state index contributed by atoms with van der Waals surface area (Å²) in [6, 6.07) is 4.09. The molecule has 0 saturated heterocycles. The second-order valence-electron chi connectivity index (χ2n) is 3.99. The number of sulfonamides is 1. The summed E-state index contributed by atoms with van der Waals surface area (Å²) in [5.41, 5.74) is 0.520. The average Bonchev–Trinajstić information content (AvgIpc) is 2.15. The Labute approximate surface area is 102 Å². The summed E-state index contributed by atoms with van der Waals surface area (Å²) in [5, 5.41) is 0. The summed E-state index contributed by atoms with van der Waals surface area (Å²) in [7, 11) is -4.22. The van der Waals surface area contributed by atoms with Crippen LogP contribution in [0, 0.1) is 6.92 Å². The van der Waals surface area contributed by atoms with Gasteiger partial charge in [-0.3, -0.25) is 0 Å². The van der Waals surface area contributed by atoms with Gasteiger partial charge in [-0.15, -0.1) is 0 Å². The lowest BCUT2D eigenvalue weighted by atomic mass is 10.2. The van der Waals surface area contributed by atoms with Gasteiger partial charge in [-0.1, -0.05) is 6.07 Å². The van der Waals surface area contributed by atoms with E-state index in [0.717, 1.165) is 10.6 Å². The van der Waals surface area contributed by atoms with Crippen molar-refractivity contribution < 1.29 is 16.8 Å². The monoisotopic (exact) mass is 277 g/mol. The second kappa shape index (κ2) is 4.40. The summed E-state index contributed by atoms with van der Waals surface area (Å²) < 4.78 is 47.8. The number of hydrogen-bond acceptors (Lipinski definition) is 4. The number of sulfone groups is 1. The molecule has 17 heavy (non-hydrogen) atoms. The van der Waals surface area contributed by atoms with Gasteiger partial charge in [0.05, 0.1) is 9.79 Å². The fourth-order valence-electron chi connectivity index (χ4n) is 1.29. The molecule has 0 fully saturated rings. The molecule has 96 valence electrons. The van der Waals surface area contributed by atoms with Crippen LogP contribution in [0.25, 0.3) is 0 Å². The van der Waals surface area contributed by atoms with Crippen molar-refractivity contribution in [2.75, 3.05) is 20.4 Å². The zero-order valence-electron chi connectivity index (χ0n) is 10.1. The van der Waals surface area contributed by atoms with E-state index >= 15 is 0 Å². The number of benzene rings is 1. The fraction of sp³-hybridized carbons (Fsp3) is 0.400. The molecular formula is C10H15NO4S2. The number of rotatable bonds is 3. The first-order chi connectivity index (χ1) is 7.56. The van der Waals surface area contributed by atoms with Crippen molar-refractivity contribution in [3.05, 3.63) is 23.8 Å². The van der Waals surface area contributed by atoms with Crippen molar-refractivity contribution >= 4 is 19.9 Å². The van der Waals surface area contributed by atoms with E-state index in [0.29, 0.717) is 5.56 Å². The van der Waals surface area contributed by atoms with E-state index in [4.69, 9.17) is 0 Å². The minimum Gasteiger partial charge on any atom is -0.224 e. The first-order valence-electron chi connectivity index (χ1n) is 4.80. The summed E-state index contributed by atoms with van der Waals surface area (Å²) >= 11 is 0. The highest BCUT2D eigenvalue weighted by atomic mass is 32.2. The Morgan fingerprint density at radius 1 is 1.06 bits per heavy atom. The summed E-state index contributed by atoms with van der Waals surface area (Å²) in [4.78, 5) is 0.0222. The predicted molar refractivity (Wildman–Crippen MR) is 65.2 cm³/mol. The predicted octanol–water partition coefficient (Wildman–Crippen LogP) is 0.649. The van der Waals surface area contributed by atoms with Crippen molar-refractivity contribution in [2.24, 2.45) is 0 Å². The van der Waals surface area contributed by atoms with Gasteiger partial charge in [0.25, 0.3) is 0 Å². The summed E-state index contributed by atoms with van der Waals surface area (Å²) in [5.74, 6) is 0. The lowest BCUT2D eigenvalue weighted by Crippen LogP contribution is -2.23. The van der Waals surface area contributed by atoms with Crippen LogP contribution in [0.2, 0.25) is 0 Å². The molecule has 0 amide bonds. The van der Waals surface area contributed by atoms with Crippen LogP contribution < -0.4 is 0 Å². The van der Waals surface area contributed by atoms with Gasteiger partial charge in [0.2, 0.25) is 10.0 Å². The third-order valence-corrected chi connectivity index (χ3v) is 5.41. The van der Waals surface area contributed by atoms with Crippen LogP contribution in [0.15, 0.2) is 28.0 Å². The molecule has 0 aliphatic carbocycles. The maximum atomic E-state index is 12.0. The molecule has 1 aromatic carbocycles. The Kier molecular flexibility index (Phi) is 3.66. The average molecular weight is 277 g/mol. The molecular weight excluding hydrogens is 262 g/mol. The van der Waals surface area contributed by atoms with Crippen LogP contribution in [-0.2, 0) is 19.9 Å². The third kappa shape index (κ3) is 2.85. The maximum Gasteiger partial charge on any atom is 0.242 e. The third-order valence-electron chi connectivity index (χ3n) is 2.35. The number of hydrogen-bond donors (Lipinski definition) is 0. The van der Waals surface area contributed by atoms with E-state index in [1.54, 1.807) is 6.92 Å². The zero-order valence-corrected chi connectivity index (χ0v) is 11.8. The standard InChI is InChI=1S/C10H15NO4S2/c1-8-5-6-9(16(4,12)13)7-10(8)17(14,15)11(2)3/h5-7H,1-4H3. The smallest absolute Gasteiger partial charge is 0.224 e. The van der Waals surface area contributed by atoms with Gasteiger partial charge < -0.3 is 0 Å². The van der Waals surface area contributed by atoms with Gasteiger partial charge in [-0.2, -0.15) is 0 Å². The van der Waals surface area contributed by atoms with E-state index in [2.05, 4.69) is 0 Å². The molecule has 0 heterocycles. The van der Waals surface area contributed by atoms with Gasteiger partial charge in [0, 0.05) is 20.4 Å². The Balaban J connectivity index is 3.57. The highest BCUT2D eigenvalue weighted by Gasteiger charge is 2.21. The molecule has 0 atom stereocenters. The van der Waals surface area contributed by atoms with E-state index in [9.17, 15) is 16.8 Å². The summed E-state index contributed by atoms with van der Waals surface area (Å²) in [6.07, 6.45) is 1.05. The summed E-state index contributed by atoms with van der Waals surface area (Å²) in [6.45, 7) is 1.63. The Bertz CT molecular complexity index is 630. The molecule has 0 aliphatic rings. The maximum absolute atomic E-state index is 12.0. The van der Waals surface area contributed by atoms with Crippen LogP contribution in [0.1, 0.15) is 5.56 Å². The van der Waals surface area contributed by atoms with Crippen LogP contribution in [-0.4, -0.2) is 41.5 Å². The van der Waals surface area contributed by atoms with Crippen LogP contribution >= 0.6 is 0 Å². The Hall–Kier alpha value is -0.920. The van der Waals surface area contributed by atoms with E-state index < -0.39 is 19.9 Å². The van der Waals surface area contributed by atoms with Crippen molar-refractivity contribution in [3.8, 4) is 0 Å². The van der Waals surface area contributed by atoms with Crippen molar-refractivity contribution in [1.82, 2.24) is 4.31 Å². The van der Waals surface area contributed by atoms with Crippen LogP contribution in [0.4, 0.5) is 0 Å². The second-order valence-corrected chi connectivity index (χ2v) is 8.12. The number of aryl methyl sites for hydroxylation is 1. The van der Waals surface area contributed by atoms with Crippen molar-refractivity contribution in [1.29, 1.82) is 0 Å². The Morgan fingerprint density at radius 2 is 1.59 bits per heavy atom. The van der Waals surface area contributed by atoms with E-state index in [1.165, 1.54) is 32.3 Å².